The summed E-state index contributed by atoms with van der Waals surface area (Å²) in [5, 5.41) is 8.82. The summed E-state index contributed by atoms with van der Waals surface area (Å²) in [7, 11) is 0. The molecule has 4 nitrogen and oxygen atoms in total. The maximum absolute atomic E-state index is 5.41. The molecule has 0 amide bonds. The number of aliphatic imine (C=N–C) groups is 1. The lowest BCUT2D eigenvalue weighted by molar-refractivity contribution is 0.781. The van der Waals surface area contributed by atoms with Crippen LogP contribution in [0.4, 0.5) is 0 Å². The van der Waals surface area contributed by atoms with E-state index in [1.54, 1.807) is 0 Å². The van der Waals surface area contributed by atoms with Crippen LogP contribution in [0, 0.1) is 0 Å². The Bertz CT molecular complexity index is 3450. The molecular formula is C58H40N4. The molecule has 292 valence electrons. The molecule has 9 aromatic carbocycles. The number of nitrogens with zero attached hydrogens (tertiary/aromatic N) is 3. The number of fused-ring (bicyclic) bond motifs is 7. The first-order valence-corrected chi connectivity index (χ1v) is 21.3. The number of para-hydroxylation sites is 3. The number of rotatable bonds is 7. The van der Waals surface area contributed by atoms with E-state index < -0.39 is 0 Å². The van der Waals surface area contributed by atoms with Gasteiger partial charge in [-0.1, -0.05) is 176 Å². The van der Waals surface area contributed by atoms with Crippen LogP contribution in [0.3, 0.4) is 0 Å². The number of hydrogen-bond donors (Lipinski definition) is 1. The molecule has 2 aromatic heterocycles. The van der Waals surface area contributed by atoms with Gasteiger partial charge in [-0.2, -0.15) is 0 Å². The summed E-state index contributed by atoms with van der Waals surface area (Å²) in [6.45, 7) is 0. The molecule has 0 saturated carbocycles. The Kier molecular flexibility index (Phi) is 8.53. The topological polar surface area (TPSA) is 34.2 Å². The van der Waals surface area contributed by atoms with Gasteiger partial charge in [0.2, 0.25) is 0 Å². The molecule has 62 heavy (non-hydrogen) atoms. The predicted octanol–water partition coefficient (Wildman–Crippen LogP) is 14.3. The Labute approximate surface area is 360 Å². The molecule has 1 aliphatic heterocycles. The first-order valence-electron chi connectivity index (χ1n) is 21.3. The van der Waals surface area contributed by atoms with E-state index in [2.05, 4.69) is 245 Å². The summed E-state index contributed by atoms with van der Waals surface area (Å²) in [6.07, 6.45) is 2.24. The molecule has 1 aliphatic rings. The molecule has 1 N–H and O–H groups in total. The molecule has 1 unspecified atom stereocenters. The Balaban J connectivity index is 1.18. The lowest BCUT2D eigenvalue weighted by Crippen LogP contribution is -2.31. The second kappa shape index (κ2) is 14.8. The van der Waals surface area contributed by atoms with Crippen molar-refractivity contribution in [2.45, 2.75) is 6.04 Å². The smallest absolute Gasteiger partial charge is 0.134 e. The molecule has 0 bridgehead atoms. The van der Waals surface area contributed by atoms with Crippen LogP contribution in [0.25, 0.3) is 82.9 Å². The van der Waals surface area contributed by atoms with Crippen LogP contribution in [-0.4, -0.2) is 15.0 Å². The van der Waals surface area contributed by atoms with Crippen LogP contribution < -0.4 is 5.32 Å². The number of amidine groups is 1. The fourth-order valence-corrected chi connectivity index (χ4v) is 9.60. The first-order chi connectivity index (χ1) is 30.8. The van der Waals surface area contributed by atoms with Crippen molar-refractivity contribution in [3.8, 4) is 33.6 Å². The minimum atomic E-state index is -0.0725. The highest BCUT2D eigenvalue weighted by molar-refractivity contribution is 6.29. The quantitative estimate of drug-likeness (QED) is 0.171. The summed E-state index contributed by atoms with van der Waals surface area (Å²) >= 11 is 0. The lowest BCUT2D eigenvalue weighted by Gasteiger charge is -2.26. The number of benzene rings is 9. The zero-order chi connectivity index (χ0) is 41.0. The first kappa shape index (κ1) is 35.7. The fourth-order valence-electron chi connectivity index (χ4n) is 9.60. The fraction of sp³-hybridized carbons (Fsp3) is 0.0172. The Morgan fingerprint density at radius 3 is 1.40 bits per heavy atom. The molecule has 0 radical (unpaired) electrons. The van der Waals surface area contributed by atoms with Crippen LogP contribution in [0.1, 0.15) is 22.7 Å². The van der Waals surface area contributed by atoms with E-state index in [4.69, 9.17) is 4.99 Å². The summed E-state index contributed by atoms with van der Waals surface area (Å²) < 4.78 is 4.93. The standard InChI is InChI=1S/C58H40N4/c1-6-20-39(21-7-1)47-36-43(58-59-49(41-24-10-3-11-25-41)38-50(60-58)42-26-12-4-13-27-42)37-48(40-22-8-2-9-23-40)57(47)62-52-33-19-17-31-46(52)56-54(62)35-34-53-55(56)45-30-16-18-32-51(45)61(53)44-28-14-5-15-29-44/h1-38,49H,(H,59,60). The number of hydrogen-bond acceptors (Lipinski definition) is 2. The molecular weight excluding hydrogens is 753 g/mol. The van der Waals surface area contributed by atoms with Crippen molar-refractivity contribution in [2.24, 2.45) is 4.99 Å². The van der Waals surface area contributed by atoms with Crippen molar-refractivity contribution in [3.63, 3.8) is 0 Å². The normalized spacial score (nSPS) is 14.0. The van der Waals surface area contributed by atoms with Crippen LogP contribution >= 0.6 is 0 Å². The van der Waals surface area contributed by atoms with E-state index in [9.17, 15) is 0 Å². The van der Waals surface area contributed by atoms with Crippen molar-refractivity contribution in [1.29, 1.82) is 0 Å². The molecule has 3 heterocycles. The van der Waals surface area contributed by atoms with Gasteiger partial charge in [-0.25, -0.2) is 4.99 Å². The third-order valence-corrected chi connectivity index (χ3v) is 12.3. The highest BCUT2D eigenvalue weighted by Crippen LogP contribution is 2.46. The maximum atomic E-state index is 5.41. The van der Waals surface area contributed by atoms with Gasteiger partial charge in [0.05, 0.1) is 39.5 Å². The third-order valence-electron chi connectivity index (χ3n) is 12.3. The number of nitrogens with one attached hydrogen (secondary N) is 1. The monoisotopic (exact) mass is 792 g/mol. The van der Waals surface area contributed by atoms with E-state index >= 15 is 0 Å². The summed E-state index contributed by atoms with van der Waals surface area (Å²) in [5.74, 6) is 0.832. The second-order valence-electron chi connectivity index (χ2n) is 16.0. The molecule has 0 spiro atoms. The SMILES string of the molecule is C1=C(c2ccccc2)N=C(c2cc(-c3ccccc3)c(-n3c4ccccc4c4c5c6ccccc6n(-c6ccccc6)c5ccc43)c(-c3ccccc3)c2)NC1c1ccccc1. The van der Waals surface area contributed by atoms with Crippen molar-refractivity contribution >= 4 is 55.1 Å². The van der Waals surface area contributed by atoms with Crippen molar-refractivity contribution in [1.82, 2.24) is 14.5 Å². The molecule has 0 fully saturated rings. The average molecular weight is 793 g/mol. The Morgan fingerprint density at radius 1 is 0.387 bits per heavy atom. The van der Waals surface area contributed by atoms with Crippen molar-refractivity contribution < 1.29 is 0 Å². The molecule has 11 aromatic rings. The molecule has 12 rings (SSSR count). The minimum absolute atomic E-state index is 0.0725. The third kappa shape index (κ3) is 5.88. The van der Waals surface area contributed by atoms with E-state index in [-0.39, 0.29) is 6.04 Å². The van der Waals surface area contributed by atoms with Crippen LogP contribution in [0.5, 0.6) is 0 Å². The molecule has 0 aliphatic carbocycles. The van der Waals surface area contributed by atoms with Gasteiger partial charge in [-0.05, 0) is 76.9 Å². The summed E-state index contributed by atoms with van der Waals surface area (Å²) in [4.78, 5) is 5.41. The average Bonchev–Trinajstić information content (AvgIpc) is 3.87. The van der Waals surface area contributed by atoms with Gasteiger partial charge in [0, 0.05) is 43.9 Å². The van der Waals surface area contributed by atoms with Crippen molar-refractivity contribution in [3.05, 3.63) is 247 Å². The van der Waals surface area contributed by atoms with Crippen LogP contribution in [0.15, 0.2) is 236 Å². The maximum Gasteiger partial charge on any atom is 0.134 e. The molecule has 1 atom stereocenters. The van der Waals surface area contributed by atoms with E-state index in [0.29, 0.717) is 0 Å². The van der Waals surface area contributed by atoms with Crippen LogP contribution in [-0.2, 0) is 0 Å². The van der Waals surface area contributed by atoms with Gasteiger partial charge in [0.1, 0.15) is 5.84 Å². The van der Waals surface area contributed by atoms with Gasteiger partial charge >= 0.3 is 0 Å². The van der Waals surface area contributed by atoms with Crippen molar-refractivity contribution in [2.75, 3.05) is 0 Å². The minimum Gasteiger partial charge on any atom is -0.359 e. The van der Waals surface area contributed by atoms with Gasteiger partial charge in [0.25, 0.3) is 0 Å². The zero-order valence-electron chi connectivity index (χ0n) is 33.9. The van der Waals surface area contributed by atoms with Gasteiger partial charge in [0.15, 0.2) is 0 Å². The van der Waals surface area contributed by atoms with Gasteiger partial charge in [-0.15, -0.1) is 0 Å². The van der Waals surface area contributed by atoms with Gasteiger partial charge < -0.3 is 14.5 Å². The summed E-state index contributed by atoms with van der Waals surface area (Å²) in [5.41, 5.74) is 15.7. The zero-order valence-corrected chi connectivity index (χ0v) is 33.9. The lowest BCUT2D eigenvalue weighted by atomic mass is 9.91. The number of aromatic nitrogens is 2. The van der Waals surface area contributed by atoms with E-state index in [0.717, 1.165) is 67.3 Å². The second-order valence-corrected chi connectivity index (χ2v) is 16.0. The van der Waals surface area contributed by atoms with Crippen LogP contribution in [0.2, 0.25) is 0 Å². The molecule has 0 saturated heterocycles. The predicted molar refractivity (Wildman–Crippen MR) is 259 cm³/mol. The molecule has 4 heteroatoms. The highest BCUT2D eigenvalue weighted by atomic mass is 15.1. The highest BCUT2D eigenvalue weighted by Gasteiger charge is 2.27. The largest absolute Gasteiger partial charge is 0.359 e. The Morgan fingerprint density at radius 2 is 0.839 bits per heavy atom. The van der Waals surface area contributed by atoms with E-state index in [1.165, 1.54) is 38.1 Å². The Hall–Kier alpha value is -8.21. The summed E-state index contributed by atoms with van der Waals surface area (Å²) in [6, 6.07) is 80.6. The van der Waals surface area contributed by atoms with E-state index in [1.807, 2.05) is 0 Å². The van der Waals surface area contributed by atoms with Gasteiger partial charge in [-0.3, -0.25) is 0 Å².